The zero-order valence-electron chi connectivity index (χ0n) is 1.63. The summed E-state index contributed by atoms with van der Waals surface area (Å²) in [5, 5.41) is 0. The van der Waals surface area contributed by atoms with Crippen molar-refractivity contribution in [1.82, 2.24) is 0 Å². The molecule has 5 heavy (non-hydrogen) atoms. The van der Waals surface area contributed by atoms with Gasteiger partial charge in [0, 0.05) is 0 Å². The van der Waals surface area contributed by atoms with E-state index in [1.54, 1.807) is 0 Å². The highest BCUT2D eigenvalue weighted by molar-refractivity contribution is 7.59. The lowest BCUT2D eigenvalue weighted by molar-refractivity contribution is 0.559. The maximum Gasteiger partial charge on any atom is 0.425 e. The van der Waals surface area contributed by atoms with Crippen molar-refractivity contribution in [3.05, 3.63) is 0 Å². The van der Waals surface area contributed by atoms with Crippen LogP contribution in [0.2, 0.25) is 0 Å². The van der Waals surface area contributed by atoms with Gasteiger partial charge in [-0.05, 0) is 0 Å². The maximum atomic E-state index is 8.44. The quantitative estimate of drug-likeness (QED) is 0.413. The standard InChI is InChI=1S/CH4.O3S/c;1-4(2)3/h1H4;. The Bertz CT molecular complexity index is 76.3. The van der Waals surface area contributed by atoms with E-state index in [0.29, 0.717) is 0 Å². The molecule has 4 heteroatoms. The first-order valence-corrected chi connectivity index (χ1v) is 1.50. The second-order valence-electron chi connectivity index (χ2n) is 0.204. The molecule has 0 spiro atoms. The van der Waals surface area contributed by atoms with E-state index in [9.17, 15) is 0 Å². The number of hydrogen-bond acceptors (Lipinski definition) is 3. The van der Waals surface area contributed by atoms with Crippen LogP contribution in [-0.4, -0.2) is 12.6 Å². The Morgan fingerprint density at radius 1 is 1.00 bits per heavy atom. The maximum absolute atomic E-state index is 8.44. The van der Waals surface area contributed by atoms with E-state index in [1.807, 2.05) is 0 Å². The molecule has 0 radical (unpaired) electrons. The minimum atomic E-state index is -3.11. The van der Waals surface area contributed by atoms with Crippen LogP contribution >= 0.6 is 0 Å². The second kappa shape index (κ2) is 3.62. The van der Waals surface area contributed by atoms with Crippen molar-refractivity contribution in [2.45, 2.75) is 7.43 Å². The van der Waals surface area contributed by atoms with E-state index in [1.165, 1.54) is 0 Å². The predicted molar refractivity (Wildman–Crippen MR) is 16.4 cm³/mol. The first kappa shape index (κ1) is 8.82. The third-order valence-corrected chi connectivity index (χ3v) is 0. The Kier molecular flexibility index (Phi) is 6.39. The Hall–Kier alpha value is -0.380. The van der Waals surface area contributed by atoms with Crippen LogP contribution in [0, 0.1) is 0 Å². The molecular formula is CH4O3S. The summed E-state index contributed by atoms with van der Waals surface area (Å²) in [6.07, 6.45) is 0. The summed E-state index contributed by atoms with van der Waals surface area (Å²) in [7, 11) is -3.11. The Balaban J connectivity index is 0. The van der Waals surface area contributed by atoms with Gasteiger partial charge >= 0.3 is 10.6 Å². The average molecular weight is 96.1 g/mol. The topological polar surface area (TPSA) is 51.2 Å². The molecule has 0 amide bonds. The first-order chi connectivity index (χ1) is 1.73. The van der Waals surface area contributed by atoms with Crippen LogP contribution in [0.3, 0.4) is 0 Å². The summed E-state index contributed by atoms with van der Waals surface area (Å²) in [5.74, 6) is 0. The van der Waals surface area contributed by atoms with Crippen LogP contribution in [0.4, 0.5) is 0 Å². The van der Waals surface area contributed by atoms with E-state index in [0.717, 1.165) is 0 Å². The van der Waals surface area contributed by atoms with E-state index in [4.69, 9.17) is 12.6 Å². The zero-order chi connectivity index (χ0) is 3.58. The normalized spacial score (nSPS) is 4.80. The minimum Gasteiger partial charge on any atom is -0.142 e. The third-order valence-electron chi connectivity index (χ3n) is 0. The molecule has 0 rings (SSSR count). The Labute approximate surface area is 31.7 Å². The molecule has 0 aromatic carbocycles. The highest BCUT2D eigenvalue weighted by Crippen LogP contribution is 1.07. The minimum absolute atomic E-state index is 0. The van der Waals surface area contributed by atoms with Crippen LogP contribution in [-0.2, 0) is 10.6 Å². The van der Waals surface area contributed by atoms with Gasteiger partial charge in [-0.2, -0.15) is 0 Å². The van der Waals surface area contributed by atoms with Crippen LogP contribution in [0.15, 0.2) is 0 Å². The van der Waals surface area contributed by atoms with Crippen molar-refractivity contribution in [3.8, 4) is 0 Å². The summed E-state index contributed by atoms with van der Waals surface area (Å²) in [6, 6.07) is 0. The molecule has 32 valence electrons. The van der Waals surface area contributed by atoms with Crippen molar-refractivity contribution in [3.63, 3.8) is 0 Å². The molecule has 0 unspecified atom stereocenters. The molecule has 0 aliphatic carbocycles. The van der Waals surface area contributed by atoms with Gasteiger partial charge in [0.05, 0.1) is 0 Å². The summed E-state index contributed by atoms with van der Waals surface area (Å²) >= 11 is 0. The van der Waals surface area contributed by atoms with Gasteiger partial charge in [0.2, 0.25) is 0 Å². The van der Waals surface area contributed by atoms with Crippen molar-refractivity contribution < 1.29 is 12.6 Å². The molecule has 0 saturated carbocycles. The van der Waals surface area contributed by atoms with Crippen molar-refractivity contribution >= 4 is 10.6 Å². The lowest BCUT2D eigenvalue weighted by atomic mass is 12.0. The number of rotatable bonds is 0. The molecule has 0 aromatic heterocycles. The average Bonchev–Trinajstić information content (AvgIpc) is 0.811. The van der Waals surface area contributed by atoms with Crippen molar-refractivity contribution in [1.29, 1.82) is 0 Å². The molecule has 0 aliphatic rings. The smallest absolute Gasteiger partial charge is 0.142 e. The highest BCUT2D eigenvalue weighted by Gasteiger charge is 1.40. The molecule has 0 bridgehead atoms. The van der Waals surface area contributed by atoms with Crippen molar-refractivity contribution in [2.75, 3.05) is 0 Å². The fraction of sp³-hybridized carbons (Fsp3) is 1.00. The van der Waals surface area contributed by atoms with Crippen molar-refractivity contribution in [2.24, 2.45) is 0 Å². The summed E-state index contributed by atoms with van der Waals surface area (Å²) < 4.78 is 25.3. The highest BCUT2D eigenvalue weighted by atomic mass is 32.2. The van der Waals surface area contributed by atoms with E-state index < -0.39 is 10.6 Å². The zero-order valence-corrected chi connectivity index (χ0v) is 2.45. The van der Waals surface area contributed by atoms with Gasteiger partial charge in [-0.15, -0.1) is 12.6 Å². The van der Waals surface area contributed by atoms with Gasteiger partial charge < -0.3 is 0 Å². The van der Waals surface area contributed by atoms with E-state index >= 15 is 0 Å². The van der Waals surface area contributed by atoms with Gasteiger partial charge in [0.15, 0.2) is 0 Å². The predicted octanol–water partition coefficient (Wildman–Crippen LogP) is -0.368. The largest absolute Gasteiger partial charge is 0.425 e. The fourth-order valence-electron chi connectivity index (χ4n) is 0. The fourth-order valence-corrected chi connectivity index (χ4v) is 0. The molecule has 0 saturated heterocycles. The van der Waals surface area contributed by atoms with Crippen LogP contribution in [0.25, 0.3) is 0 Å². The Morgan fingerprint density at radius 2 is 1.00 bits per heavy atom. The summed E-state index contributed by atoms with van der Waals surface area (Å²) in [6.45, 7) is 0. The Morgan fingerprint density at radius 3 is 1.00 bits per heavy atom. The van der Waals surface area contributed by atoms with E-state index in [2.05, 4.69) is 0 Å². The number of hydrogen-bond donors (Lipinski definition) is 0. The monoisotopic (exact) mass is 96.0 g/mol. The van der Waals surface area contributed by atoms with Crippen LogP contribution in [0.1, 0.15) is 7.43 Å². The summed E-state index contributed by atoms with van der Waals surface area (Å²) in [5.41, 5.74) is 0. The molecule has 0 heterocycles. The van der Waals surface area contributed by atoms with E-state index in [-0.39, 0.29) is 7.43 Å². The van der Waals surface area contributed by atoms with Gasteiger partial charge in [-0.1, -0.05) is 7.43 Å². The van der Waals surface area contributed by atoms with Gasteiger partial charge in [-0.3, -0.25) is 0 Å². The van der Waals surface area contributed by atoms with Crippen LogP contribution < -0.4 is 0 Å². The third kappa shape index (κ3) is 65.8. The lowest BCUT2D eigenvalue weighted by Crippen LogP contribution is -1.40. The molecule has 3 nitrogen and oxygen atoms in total. The van der Waals surface area contributed by atoms with Gasteiger partial charge in [0.1, 0.15) is 0 Å². The summed E-state index contributed by atoms with van der Waals surface area (Å²) in [4.78, 5) is 0. The second-order valence-corrected chi connectivity index (χ2v) is 0.612. The molecule has 0 aliphatic heterocycles. The van der Waals surface area contributed by atoms with Gasteiger partial charge in [0.25, 0.3) is 0 Å². The molecule has 0 atom stereocenters. The first-order valence-electron chi connectivity index (χ1n) is 0.500. The molecule has 0 fully saturated rings. The molecule has 0 aromatic rings. The molecule has 0 N–H and O–H groups in total. The molecular weight excluding hydrogens is 92.1 g/mol. The van der Waals surface area contributed by atoms with Gasteiger partial charge in [-0.25, -0.2) is 0 Å². The van der Waals surface area contributed by atoms with Crippen LogP contribution in [0.5, 0.6) is 0 Å². The lowest BCUT2D eigenvalue weighted by Gasteiger charge is -1.11. The SMILES string of the molecule is C.O=S(=O)=O.